The molecule has 0 aliphatic carbocycles. The van der Waals surface area contributed by atoms with E-state index in [1.165, 1.54) is 50.8 Å². The van der Waals surface area contributed by atoms with E-state index in [0.717, 1.165) is 12.5 Å². The van der Waals surface area contributed by atoms with Gasteiger partial charge in [-0.1, -0.05) is 44.4 Å². The third-order valence-corrected chi connectivity index (χ3v) is 3.83. The second kappa shape index (κ2) is 8.52. The van der Waals surface area contributed by atoms with E-state index in [9.17, 15) is 0 Å². The Labute approximate surface area is 108 Å². The Balaban J connectivity index is 2.27. The summed E-state index contributed by atoms with van der Waals surface area (Å²) in [5.41, 5.74) is 1.46. The Morgan fingerprint density at radius 3 is 2.47 bits per heavy atom. The van der Waals surface area contributed by atoms with Crippen LogP contribution >= 0.6 is 0 Å². The highest BCUT2D eigenvalue weighted by atomic mass is 15.1. The van der Waals surface area contributed by atoms with E-state index >= 15 is 0 Å². The second-order valence-corrected chi connectivity index (χ2v) is 5.23. The molecule has 1 aliphatic rings. The first-order valence-corrected chi connectivity index (χ1v) is 7.30. The summed E-state index contributed by atoms with van der Waals surface area (Å²) in [6, 6.07) is 0. The Bertz CT molecular complexity index is 244. The van der Waals surface area contributed by atoms with Gasteiger partial charge in [0.15, 0.2) is 0 Å². The van der Waals surface area contributed by atoms with Gasteiger partial charge in [-0.15, -0.1) is 0 Å². The number of unbranched alkanes of at least 4 members (excludes halogenated alkanes) is 1. The predicted molar refractivity (Wildman–Crippen MR) is 77.3 cm³/mol. The summed E-state index contributed by atoms with van der Waals surface area (Å²) < 4.78 is 0. The van der Waals surface area contributed by atoms with Crippen LogP contribution in [0.1, 0.15) is 52.9 Å². The van der Waals surface area contributed by atoms with Crippen molar-refractivity contribution in [2.45, 2.75) is 52.9 Å². The molecule has 0 N–H and O–H groups in total. The number of piperidine rings is 1. The van der Waals surface area contributed by atoms with E-state index in [4.69, 9.17) is 0 Å². The summed E-state index contributed by atoms with van der Waals surface area (Å²) in [6.45, 7) is 10.3. The van der Waals surface area contributed by atoms with Gasteiger partial charge in [0.25, 0.3) is 0 Å². The fraction of sp³-hybridized carbons (Fsp3) is 0.750. The van der Waals surface area contributed by atoms with Crippen LogP contribution in [0.15, 0.2) is 23.8 Å². The Morgan fingerprint density at radius 1 is 1.24 bits per heavy atom. The largest absolute Gasteiger partial charge is 0.299 e. The van der Waals surface area contributed by atoms with Crippen LogP contribution in [0.2, 0.25) is 0 Å². The number of nitrogens with zero attached hydrogens (tertiary/aromatic N) is 1. The van der Waals surface area contributed by atoms with Gasteiger partial charge in [0.05, 0.1) is 0 Å². The summed E-state index contributed by atoms with van der Waals surface area (Å²) in [4.78, 5) is 2.61. The minimum atomic E-state index is 1.00. The quantitative estimate of drug-likeness (QED) is 0.616. The normalized spacial score (nSPS) is 20.3. The van der Waals surface area contributed by atoms with E-state index < -0.39 is 0 Å². The monoisotopic (exact) mass is 235 g/mol. The van der Waals surface area contributed by atoms with Crippen molar-refractivity contribution in [2.24, 2.45) is 5.92 Å². The maximum absolute atomic E-state index is 2.61. The summed E-state index contributed by atoms with van der Waals surface area (Å²) in [5.74, 6) is 1.00. The van der Waals surface area contributed by atoms with E-state index in [-0.39, 0.29) is 0 Å². The van der Waals surface area contributed by atoms with E-state index in [2.05, 4.69) is 43.9 Å². The number of hydrogen-bond donors (Lipinski definition) is 0. The lowest BCUT2D eigenvalue weighted by Gasteiger charge is -2.32. The van der Waals surface area contributed by atoms with Gasteiger partial charge in [-0.05, 0) is 51.3 Å². The zero-order valence-electron chi connectivity index (χ0n) is 11.9. The van der Waals surface area contributed by atoms with Crippen LogP contribution in [0.3, 0.4) is 0 Å². The smallest absolute Gasteiger partial charge is 0.0230 e. The summed E-state index contributed by atoms with van der Waals surface area (Å²) in [5, 5.41) is 0. The molecular weight excluding hydrogens is 206 g/mol. The first kappa shape index (κ1) is 14.5. The molecule has 0 amide bonds. The van der Waals surface area contributed by atoms with E-state index in [1.807, 2.05) is 0 Å². The molecule has 1 aliphatic heterocycles. The average Bonchev–Trinajstić information content (AvgIpc) is 2.37. The lowest BCUT2D eigenvalue weighted by Crippen LogP contribution is -2.34. The van der Waals surface area contributed by atoms with Crippen LogP contribution in [0, 0.1) is 5.92 Å². The van der Waals surface area contributed by atoms with Gasteiger partial charge < -0.3 is 0 Å². The van der Waals surface area contributed by atoms with E-state index in [1.54, 1.807) is 0 Å². The number of likely N-dealkylation sites (tertiary alicyclic amines) is 1. The Morgan fingerprint density at radius 2 is 1.94 bits per heavy atom. The maximum Gasteiger partial charge on any atom is 0.0230 e. The van der Waals surface area contributed by atoms with Crippen LogP contribution in [-0.2, 0) is 0 Å². The molecule has 0 saturated carbocycles. The van der Waals surface area contributed by atoms with Crippen LogP contribution in [-0.4, -0.2) is 24.5 Å². The molecule has 1 heteroatoms. The number of allylic oxidation sites excluding steroid dienone is 2. The Kier molecular flexibility index (Phi) is 7.27. The van der Waals surface area contributed by atoms with Crippen molar-refractivity contribution in [2.75, 3.05) is 19.6 Å². The lowest BCUT2D eigenvalue weighted by atomic mass is 9.91. The average molecular weight is 235 g/mol. The standard InChI is InChI=1S/C16H29N/c1-4-7-9-16-10-12-17(13-11-16)14-15(6-3)8-5-2/h5-6,8,16H,4,7,9-14H2,1-3H3/b8-5-,15-6+. The molecule has 0 unspecified atom stereocenters. The third-order valence-electron chi connectivity index (χ3n) is 3.83. The van der Waals surface area contributed by atoms with Crippen molar-refractivity contribution in [1.82, 2.24) is 4.90 Å². The molecular formula is C16H29N. The first-order chi connectivity index (χ1) is 8.30. The van der Waals surface area contributed by atoms with Crippen molar-refractivity contribution in [3.8, 4) is 0 Å². The van der Waals surface area contributed by atoms with Crippen LogP contribution in [0.4, 0.5) is 0 Å². The molecule has 1 nitrogen and oxygen atoms in total. The molecule has 17 heavy (non-hydrogen) atoms. The van der Waals surface area contributed by atoms with Gasteiger partial charge in [0, 0.05) is 6.54 Å². The minimum absolute atomic E-state index is 1.00. The Hall–Kier alpha value is -0.560. The summed E-state index contributed by atoms with van der Waals surface area (Å²) in [6.07, 6.45) is 13.7. The van der Waals surface area contributed by atoms with Crippen LogP contribution in [0.25, 0.3) is 0 Å². The highest BCUT2D eigenvalue weighted by Crippen LogP contribution is 2.23. The number of rotatable bonds is 6. The van der Waals surface area contributed by atoms with Crippen LogP contribution < -0.4 is 0 Å². The molecule has 1 heterocycles. The highest BCUT2D eigenvalue weighted by molar-refractivity contribution is 5.19. The fourth-order valence-electron chi connectivity index (χ4n) is 2.64. The third kappa shape index (κ3) is 5.54. The van der Waals surface area contributed by atoms with Crippen LogP contribution in [0.5, 0.6) is 0 Å². The molecule has 1 fully saturated rings. The highest BCUT2D eigenvalue weighted by Gasteiger charge is 2.18. The molecule has 0 aromatic rings. The van der Waals surface area contributed by atoms with Gasteiger partial charge in [0.1, 0.15) is 0 Å². The lowest BCUT2D eigenvalue weighted by molar-refractivity contribution is 0.190. The SMILES string of the molecule is C/C=C\C(=C/C)CN1CCC(CCCC)CC1. The van der Waals surface area contributed by atoms with Crippen molar-refractivity contribution >= 4 is 0 Å². The zero-order chi connectivity index (χ0) is 12.5. The van der Waals surface area contributed by atoms with Gasteiger partial charge >= 0.3 is 0 Å². The topological polar surface area (TPSA) is 3.24 Å². The fourth-order valence-corrected chi connectivity index (χ4v) is 2.64. The summed E-state index contributed by atoms with van der Waals surface area (Å²) >= 11 is 0. The summed E-state index contributed by atoms with van der Waals surface area (Å²) in [7, 11) is 0. The molecule has 1 saturated heterocycles. The molecule has 1 rings (SSSR count). The van der Waals surface area contributed by atoms with Gasteiger partial charge in [0.2, 0.25) is 0 Å². The van der Waals surface area contributed by atoms with E-state index in [0.29, 0.717) is 0 Å². The predicted octanol–water partition coefficient (Wildman–Crippen LogP) is 4.41. The molecule has 0 bridgehead atoms. The minimum Gasteiger partial charge on any atom is -0.299 e. The van der Waals surface area contributed by atoms with Crippen molar-refractivity contribution in [1.29, 1.82) is 0 Å². The molecule has 0 radical (unpaired) electrons. The molecule has 0 aromatic carbocycles. The van der Waals surface area contributed by atoms with Gasteiger partial charge in [-0.25, -0.2) is 0 Å². The van der Waals surface area contributed by atoms with Crippen molar-refractivity contribution in [3.05, 3.63) is 23.8 Å². The zero-order valence-corrected chi connectivity index (χ0v) is 11.9. The van der Waals surface area contributed by atoms with Gasteiger partial charge in [-0.3, -0.25) is 4.90 Å². The first-order valence-electron chi connectivity index (χ1n) is 7.30. The molecule has 0 aromatic heterocycles. The number of hydrogen-bond acceptors (Lipinski definition) is 1. The molecule has 98 valence electrons. The maximum atomic E-state index is 2.61. The van der Waals surface area contributed by atoms with Crippen molar-refractivity contribution in [3.63, 3.8) is 0 Å². The molecule has 0 atom stereocenters. The van der Waals surface area contributed by atoms with Crippen molar-refractivity contribution < 1.29 is 0 Å². The molecule has 0 spiro atoms. The second-order valence-electron chi connectivity index (χ2n) is 5.23. The van der Waals surface area contributed by atoms with Gasteiger partial charge in [-0.2, -0.15) is 0 Å².